The van der Waals surface area contributed by atoms with E-state index in [0.717, 1.165) is 5.56 Å². The van der Waals surface area contributed by atoms with E-state index < -0.39 is 11.9 Å². The zero-order valence-electron chi connectivity index (χ0n) is 10.1. The Hall–Kier alpha value is -1.55. The molecule has 5 heteroatoms. The van der Waals surface area contributed by atoms with Gasteiger partial charge in [-0.05, 0) is 24.6 Å². The van der Waals surface area contributed by atoms with E-state index in [0.29, 0.717) is 11.4 Å². The third-order valence-electron chi connectivity index (χ3n) is 2.31. The standard InChI is InChI=1S/C13H15ClO4/c1-9(18-13(17)7-6-12(15)16)8-10-2-4-11(14)5-3-10/h2-5,9H,6-8H2,1H3,(H,15,16)/t9-/m1/s1. The smallest absolute Gasteiger partial charge is 0.306 e. The number of carboxylic acids is 1. The fraction of sp³-hybridized carbons (Fsp3) is 0.385. The lowest BCUT2D eigenvalue weighted by atomic mass is 10.1. The van der Waals surface area contributed by atoms with Gasteiger partial charge < -0.3 is 9.84 Å². The van der Waals surface area contributed by atoms with Gasteiger partial charge in [-0.1, -0.05) is 23.7 Å². The number of hydrogen-bond acceptors (Lipinski definition) is 3. The van der Waals surface area contributed by atoms with Crippen LogP contribution >= 0.6 is 11.6 Å². The highest BCUT2D eigenvalue weighted by molar-refractivity contribution is 6.30. The number of aliphatic carboxylic acids is 1. The van der Waals surface area contributed by atoms with Gasteiger partial charge in [0.05, 0.1) is 12.8 Å². The molecule has 0 aliphatic carbocycles. The lowest BCUT2D eigenvalue weighted by molar-refractivity contribution is -0.151. The molecule has 0 amide bonds. The molecule has 0 bridgehead atoms. The Morgan fingerprint density at radius 2 is 1.89 bits per heavy atom. The molecule has 18 heavy (non-hydrogen) atoms. The van der Waals surface area contributed by atoms with Gasteiger partial charge in [-0.2, -0.15) is 0 Å². The maximum absolute atomic E-state index is 11.3. The summed E-state index contributed by atoms with van der Waals surface area (Å²) in [6.45, 7) is 1.77. The molecule has 98 valence electrons. The molecule has 0 fully saturated rings. The minimum atomic E-state index is -1.00. The number of benzene rings is 1. The minimum absolute atomic E-state index is 0.0969. The quantitative estimate of drug-likeness (QED) is 0.807. The second kappa shape index (κ2) is 7.01. The number of hydrogen-bond donors (Lipinski definition) is 1. The van der Waals surface area contributed by atoms with Gasteiger partial charge in [0.2, 0.25) is 0 Å². The van der Waals surface area contributed by atoms with E-state index in [1.165, 1.54) is 0 Å². The highest BCUT2D eigenvalue weighted by atomic mass is 35.5. The molecule has 1 aromatic rings. The zero-order chi connectivity index (χ0) is 13.5. The predicted molar refractivity (Wildman–Crippen MR) is 67.6 cm³/mol. The van der Waals surface area contributed by atoms with Crippen LogP contribution in [-0.4, -0.2) is 23.1 Å². The average Bonchev–Trinajstić information content (AvgIpc) is 2.29. The van der Waals surface area contributed by atoms with E-state index >= 15 is 0 Å². The first-order valence-electron chi connectivity index (χ1n) is 5.63. The van der Waals surface area contributed by atoms with Gasteiger partial charge in [0.1, 0.15) is 6.10 Å². The molecule has 4 nitrogen and oxygen atoms in total. The van der Waals surface area contributed by atoms with E-state index in [9.17, 15) is 9.59 Å². The maximum atomic E-state index is 11.3. The van der Waals surface area contributed by atoms with E-state index in [-0.39, 0.29) is 18.9 Å². The van der Waals surface area contributed by atoms with Crippen molar-refractivity contribution in [2.75, 3.05) is 0 Å². The van der Waals surface area contributed by atoms with Crippen LogP contribution in [0.1, 0.15) is 25.3 Å². The second-order valence-corrected chi connectivity index (χ2v) is 4.46. The van der Waals surface area contributed by atoms with Crippen LogP contribution in [0.3, 0.4) is 0 Å². The number of ether oxygens (including phenoxy) is 1. The lowest BCUT2D eigenvalue weighted by Gasteiger charge is -2.13. The minimum Gasteiger partial charge on any atom is -0.481 e. The van der Waals surface area contributed by atoms with Gasteiger partial charge in [0, 0.05) is 11.4 Å². The van der Waals surface area contributed by atoms with E-state index in [2.05, 4.69) is 0 Å². The van der Waals surface area contributed by atoms with Crippen LogP contribution in [0.5, 0.6) is 0 Å². The van der Waals surface area contributed by atoms with E-state index in [1.54, 1.807) is 19.1 Å². The summed E-state index contributed by atoms with van der Waals surface area (Å²) in [6, 6.07) is 7.28. The summed E-state index contributed by atoms with van der Waals surface area (Å²) in [6.07, 6.45) is -0.00422. The summed E-state index contributed by atoms with van der Waals surface area (Å²) in [5, 5.41) is 9.09. The first-order valence-corrected chi connectivity index (χ1v) is 6.01. The number of carbonyl (C=O) groups is 2. The molecule has 0 radical (unpaired) electrons. The van der Waals surface area contributed by atoms with Gasteiger partial charge in [-0.3, -0.25) is 9.59 Å². The van der Waals surface area contributed by atoms with Crippen LogP contribution in [0.4, 0.5) is 0 Å². The molecule has 1 aromatic carbocycles. The molecule has 0 saturated carbocycles. The van der Waals surface area contributed by atoms with Crippen molar-refractivity contribution in [3.63, 3.8) is 0 Å². The van der Waals surface area contributed by atoms with Crippen molar-refractivity contribution < 1.29 is 19.4 Å². The van der Waals surface area contributed by atoms with Crippen LogP contribution < -0.4 is 0 Å². The number of carboxylic acid groups (broad SMARTS) is 1. The fourth-order valence-corrected chi connectivity index (χ4v) is 1.61. The Morgan fingerprint density at radius 1 is 1.28 bits per heavy atom. The van der Waals surface area contributed by atoms with Crippen molar-refractivity contribution in [2.45, 2.75) is 32.3 Å². The Morgan fingerprint density at radius 3 is 2.44 bits per heavy atom. The van der Waals surface area contributed by atoms with E-state index in [1.807, 2.05) is 12.1 Å². The normalized spacial score (nSPS) is 11.9. The SMILES string of the molecule is C[C@H](Cc1ccc(Cl)cc1)OC(=O)CCC(=O)O. The number of esters is 1. The third-order valence-corrected chi connectivity index (χ3v) is 2.56. The van der Waals surface area contributed by atoms with Crippen molar-refractivity contribution in [1.82, 2.24) is 0 Å². The number of carbonyl (C=O) groups excluding carboxylic acids is 1. The van der Waals surface area contributed by atoms with Crippen molar-refractivity contribution in [3.8, 4) is 0 Å². The molecule has 0 heterocycles. The fourth-order valence-electron chi connectivity index (χ4n) is 1.49. The average molecular weight is 271 g/mol. The van der Waals surface area contributed by atoms with Crippen LogP contribution in [-0.2, 0) is 20.7 Å². The van der Waals surface area contributed by atoms with Crippen molar-refractivity contribution in [3.05, 3.63) is 34.9 Å². The lowest BCUT2D eigenvalue weighted by Crippen LogP contribution is -2.17. The largest absolute Gasteiger partial charge is 0.481 e. The van der Waals surface area contributed by atoms with E-state index in [4.69, 9.17) is 21.4 Å². The van der Waals surface area contributed by atoms with Gasteiger partial charge >= 0.3 is 11.9 Å². The first kappa shape index (κ1) is 14.5. The van der Waals surface area contributed by atoms with Crippen LogP contribution in [0.25, 0.3) is 0 Å². The second-order valence-electron chi connectivity index (χ2n) is 4.02. The van der Waals surface area contributed by atoms with Crippen molar-refractivity contribution in [2.24, 2.45) is 0 Å². The Kier molecular flexibility index (Phi) is 5.65. The molecule has 1 rings (SSSR count). The topological polar surface area (TPSA) is 63.6 Å². The number of halogens is 1. The third kappa shape index (κ3) is 5.68. The summed E-state index contributed by atoms with van der Waals surface area (Å²) in [5.74, 6) is -1.49. The van der Waals surface area contributed by atoms with Crippen molar-refractivity contribution >= 4 is 23.5 Å². The molecule has 1 N–H and O–H groups in total. The van der Waals surface area contributed by atoms with Crippen LogP contribution in [0.2, 0.25) is 5.02 Å². The number of rotatable bonds is 6. The first-order chi connectivity index (χ1) is 8.47. The Bertz CT molecular complexity index is 414. The summed E-state index contributed by atoms with van der Waals surface area (Å²) in [4.78, 5) is 21.6. The predicted octanol–water partition coefficient (Wildman–Crippen LogP) is 2.68. The molecular weight excluding hydrogens is 256 g/mol. The molecular formula is C13H15ClO4. The zero-order valence-corrected chi connectivity index (χ0v) is 10.8. The molecule has 0 spiro atoms. The van der Waals surface area contributed by atoms with Gasteiger partial charge in [-0.15, -0.1) is 0 Å². The molecule has 0 aliphatic heterocycles. The summed E-state index contributed by atoms with van der Waals surface area (Å²) < 4.78 is 5.10. The Balaban J connectivity index is 2.36. The van der Waals surface area contributed by atoms with Gasteiger partial charge in [-0.25, -0.2) is 0 Å². The molecule has 1 atom stereocenters. The monoisotopic (exact) mass is 270 g/mol. The maximum Gasteiger partial charge on any atom is 0.306 e. The summed E-state index contributed by atoms with van der Waals surface area (Å²) in [5.41, 5.74) is 1.01. The van der Waals surface area contributed by atoms with Crippen LogP contribution in [0.15, 0.2) is 24.3 Å². The molecule has 0 saturated heterocycles. The molecule has 0 aliphatic rings. The van der Waals surface area contributed by atoms with Crippen LogP contribution in [0, 0.1) is 0 Å². The highest BCUT2D eigenvalue weighted by Crippen LogP contribution is 2.12. The Labute approximate surface area is 111 Å². The molecule has 0 unspecified atom stereocenters. The van der Waals surface area contributed by atoms with Gasteiger partial charge in [0.25, 0.3) is 0 Å². The molecule has 0 aromatic heterocycles. The highest BCUT2D eigenvalue weighted by Gasteiger charge is 2.11. The van der Waals surface area contributed by atoms with Gasteiger partial charge in [0.15, 0.2) is 0 Å². The summed E-state index contributed by atoms with van der Waals surface area (Å²) in [7, 11) is 0. The summed E-state index contributed by atoms with van der Waals surface area (Å²) >= 11 is 5.76. The van der Waals surface area contributed by atoms with Crippen molar-refractivity contribution in [1.29, 1.82) is 0 Å².